The average molecular weight is 318 g/mol. The Morgan fingerprint density at radius 1 is 0.857 bits per heavy atom. The molecule has 5 heteroatoms. The van der Waals surface area contributed by atoms with E-state index in [1.807, 2.05) is 30.3 Å². The highest BCUT2D eigenvalue weighted by atomic mass is 35.5. The number of hydrogen-bond donors (Lipinski definition) is 1. The Kier molecular flexibility index (Phi) is 5.44. The first kappa shape index (κ1) is 15.6. The molecule has 0 radical (unpaired) electrons. The summed E-state index contributed by atoms with van der Waals surface area (Å²) in [7, 11) is 0. The molecule has 108 valence electrons. The summed E-state index contributed by atoms with van der Waals surface area (Å²) in [4.78, 5) is 0. The quantitative estimate of drug-likeness (QED) is 0.796. The van der Waals surface area contributed by atoms with Gasteiger partial charge in [-0.15, -0.1) is 22.6 Å². The standard InChI is InChI=1S/C16H15N3S.ClH/c17-11-10-15-18-19-16(20-15)14-9-5-4-8-13(14)12-6-2-1-3-7-12;/h1-9H,10-11,17H2;1H. The molecule has 21 heavy (non-hydrogen) atoms. The topological polar surface area (TPSA) is 51.8 Å². The Bertz CT molecular complexity index is 698. The van der Waals surface area contributed by atoms with Crippen LogP contribution in [0, 0.1) is 0 Å². The van der Waals surface area contributed by atoms with Crippen LogP contribution in [0.4, 0.5) is 0 Å². The smallest absolute Gasteiger partial charge is 0.148 e. The predicted molar refractivity (Wildman–Crippen MR) is 90.8 cm³/mol. The van der Waals surface area contributed by atoms with Crippen LogP contribution < -0.4 is 5.73 Å². The summed E-state index contributed by atoms with van der Waals surface area (Å²) in [6.45, 7) is 0.606. The monoisotopic (exact) mass is 317 g/mol. The van der Waals surface area contributed by atoms with E-state index in [4.69, 9.17) is 5.73 Å². The molecule has 2 N–H and O–H groups in total. The van der Waals surface area contributed by atoms with Gasteiger partial charge in [0.05, 0.1) is 0 Å². The molecule has 1 heterocycles. The van der Waals surface area contributed by atoms with Crippen LogP contribution in [0.3, 0.4) is 0 Å². The van der Waals surface area contributed by atoms with Crippen molar-refractivity contribution in [1.82, 2.24) is 10.2 Å². The van der Waals surface area contributed by atoms with Crippen LogP contribution in [0.2, 0.25) is 0 Å². The van der Waals surface area contributed by atoms with Crippen molar-refractivity contribution >= 4 is 23.7 Å². The van der Waals surface area contributed by atoms with Crippen molar-refractivity contribution in [2.24, 2.45) is 5.73 Å². The molecule has 0 spiro atoms. The van der Waals surface area contributed by atoms with E-state index >= 15 is 0 Å². The van der Waals surface area contributed by atoms with Gasteiger partial charge in [-0.25, -0.2) is 0 Å². The zero-order valence-electron chi connectivity index (χ0n) is 11.4. The molecule has 0 bridgehead atoms. The van der Waals surface area contributed by atoms with Gasteiger partial charge in [-0.1, -0.05) is 65.9 Å². The van der Waals surface area contributed by atoms with Crippen molar-refractivity contribution in [3.63, 3.8) is 0 Å². The van der Waals surface area contributed by atoms with Crippen LogP contribution in [-0.2, 0) is 6.42 Å². The first-order chi connectivity index (χ1) is 9.88. The molecular weight excluding hydrogens is 302 g/mol. The first-order valence-electron chi connectivity index (χ1n) is 6.56. The fraction of sp³-hybridized carbons (Fsp3) is 0.125. The molecular formula is C16H16ClN3S. The number of aromatic nitrogens is 2. The molecule has 3 nitrogen and oxygen atoms in total. The van der Waals surface area contributed by atoms with Gasteiger partial charge < -0.3 is 5.73 Å². The minimum Gasteiger partial charge on any atom is -0.330 e. The Labute approximate surface area is 134 Å². The van der Waals surface area contributed by atoms with Crippen LogP contribution in [0.1, 0.15) is 5.01 Å². The summed E-state index contributed by atoms with van der Waals surface area (Å²) in [5.74, 6) is 0. The maximum absolute atomic E-state index is 5.57. The highest BCUT2D eigenvalue weighted by molar-refractivity contribution is 7.14. The maximum Gasteiger partial charge on any atom is 0.148 e. The van der Waals surface area contributed by atoms with Crippen molar-refractivity contribution < 1.29 is 0 Å². The molecule has 2 aromatic carbocycles. The number of rotatable bonds is 4. The van der Waals surface area contributed by atoms with Gasteiger partial charge >= 0.3 is 0 Å². The van der Waals surface area contributed by atoms with Crippen molar-refractivity contribution in [3.8, 4) is 21.7 Å². The number of halogens is 1. The molecule has 0 unspecified atom stereocenters. The van der Waals surface area contributed by atoms with E-state index < -0.39 is 0 Å². The van der Waals surface area contributed by atoms with Crippen LogP contribution in [0.25, 0.3) is 21.7 Å². The van der Waals surface area contributed by atoms with Gasteiger partial charge in [0, 0.05) is 12.0 Å². The third kappa shape index (κ3) is 3.47. The highest BCUT2D eigenvalue weighted by Gasteiger charge is 2.11. The van der Waals surface area contributed by atoms with Gasteiger partial charge in [-0.3, -0.25) is 0 Å². The van der Waals surface area contributed by atoms with Crippen molar-refractivity contribution in [2.45, 2.75) is 6.42 Å². The fourth-order valence-electron chi connectivity index (χ4n) is 2.13. The summed E-state index contributed by atoms with van der Waals surface area (Å²) in [6.07, 6.45) is 0.783. The minimum atomic E-state index is 0. The Balaban J connectivity index is 0.00000161. The Hall–Kier alpha value is -1.75. The Morgan fingerprint density at radius 3 is 2.24 bits per heavy atom. The summed E-state index contributed by atoms with van der Waals surface area (Å²) in [5.41, 5.74) is 9.07. The van der Waals surface area contributed by atoms with Gasteiger partial charge in [0.15, 0.2) is 0 Å². The SMILES string of the molecule is Cl.NCCc1nnc(-c2ccccc2-c2ccccc2)s1. The van der Waals surface area contributed by atoms with E-state index in [1.165, 1.54) is 11.1 Å². The third-order valence-corrected chi connectivity index (χ3v) is 4.08. The van der Waals surface area contributed by atoms with E-state index in [0.717, 1.165) is 22.0 Å². The van der Waals surface area contributed by atoms with E-state index in [0.29, 0.717) is 6.54 Å². The van der Waals surface area contributed by atoms with Crippen LogP contribution in [0.15, 0.2) is 54.6 Å². The lowest BCUT2D eigenvalue weighted by Gasteiger charge is -2.06. The highest BCUT2D eigenvalue weighted by Crippen LogP contribution is 2.33. The van der Waals surface area contributed by atoms with Crippen molar-refractivity contribution in [3.05, 3.63) is 59.6 Å². The molecule has 1 aromatic heterocycles. The number of hydrogen-bond acceptors (Lipinski definition) is 4. The Morgan fingerprint density at radius 2 is 1.52 bits per heavy atom. The zero-order valence-corrected chi connectivity index (χ0v) is 13.0. The molecule has 0 saturated carbocycles. The molecule has 3 aromatic rings. The maximum atomic E-state index is 5.57. The third-order valence-electron chi connectivity index (χ3n) is 3.07. The van der Waals surface area contributed by atoms with Gasteiger partial charge in [-0.05, 0) is 17.7 Å². The normalized spacial score (nSPS) is 10.1. The van der Waals surface area contributed by atoms with Gasteiger partial charge in [-0.2, -0.15) is 0 Å². The van der Waals surface area contributed by atoms with Gasteiger partial charge in [0.2, 0.25) is 0 Å². The lowest BCUT2D eigenvalue weighted by molar-refractivity contribution is 0.913. The van der Waals surface area contributed by atoms with Gasteiger partial charge in [0.1, 0.15) is 10.0 Å². The summed E-state index contributed by atoms with van der Waals surface area (Å²) in [6, 6.07) is 18.6. The molecule has 0 aliphatic carbocycles. The fourth-order valence-corrected chi connectivity index (χ4v) is 3.02. The molecule has 0 atom stereocenters. The van der Waals surface area contributed by atoms with E-state index in [-0.39, 0.29) is 12.4 Å². The molecule has 3 rings (SSSR count). The molecule has 0 fully saturated rings. The number of nitrogens with two attached hydrogens (primary N) is 1. The number of nitrogens with zero attached hydrogens (tertiary/aromatic N) is 2. The molecule has 0 aliphatic rings. The van der Waals surface area contributed by atoms with Crippen molar-refractivity contribution in [2.75, 3.05) is 6.54 Å². The van der Waals surface area contributed by atoms with E-state index in [9.17, 15) is 0 Å². The first-order valence-corrected chi connectivity index (χ1v) is 7.37. The van der Waals surface area contributed by atoms with Crippen molar-refractivity contribution in [1.29, 1.82) is 0 Å². The van der Waals surface area contributed by atoms with E-state index in [2.05, 4.69) is 34.5 Å². The summed E-state index contributed by atoms with van der Waals surface area (Å²) in [5, 5.41) is 10.5. The predicted octanol–water partition coefficient (Wildman–Crippen LogP) is 3.80. The molecule has 0 aliphatic heterocycles. The van der Waals surface area contributed by atoms with E-state index in [1.54, 1.807) is 11.3 Å². The van der Waals surface area contributed by atoms with Crippen LogP contribution in [-0.4, -0.2) is 16.7 Å². The average Bonchev–Trinajstić information content (AvgIpc) is 2.97. The second kappa shape index (κ2) is 7.31. The largest absolute Gasteiger partial charge is 0.330 e. The lowest BCUT2D eigenvalue weighted by Crippen LogP contribution is -2.01. The second-order valence-electron chi connectivity index (χ2n) is 4.45. The lowest BCUT2D eigenvalue weighted by atomic mass is 10.0. The van der Waals surface area contributed by atoms with Crippen LogP contribution in [0.5, 0.6) is 0 Å². The zero-order chi connectivity index (χ0) is 13.8. The summed E-state index contributed by atoms with van der Waals surface area (Å²) >= 11 is 1.62. The summed E-state index contributed by atoms with van der Waals surface area (Å²) < 4.78 is 0. The second-order valence-corrected chi connectivity index (χ2v) is 5.51. The van der Waals surface area contributed by atoms with Gasteiger partial charge in [0.25, 0.3) is 0 Å². The minimum absolute atomic E-state index is 0. The molecule has 0 saturated heterocycles. The number of benzene rings is 2. The van der Waals surface area contributed by atoms with Crippen LogP contribution >= 0.6 is 23.7 Å². The molecule has 0 amide bonds.